The number of thiophene rings is 1. The molecule has 2 heterocycles. The number of anilines is 1. The highest BCUT2D eigenvalue weighted by Crippen LogP contribution is 2.33. The Kier molecular flexibility index (Phi) is 5.10. The van der Waals surface area contributed by atoms with Crippen molar-refractivity contribution in [3.63, 3.8) is 0 Å². The lowest BCUT2D eigenvalue weighted by atomic mass is 9.95. The summed E-state index contributed by atoms with van der Waals surface area (Å²) >= 11 is 1.38. The number of nitrogens with zero attached hydrogens (tertiary/aromatic N) is 3. The number of sulfonamides is 1. The van der Waals surface area contributed by atoms with Gasteiger partial charge in [-0.15, -0.1) is 0 Å². The zero-order valence-electron chi connectivity index (χ0n) is 13.3. The summed E-state index contributed by atoms with van der Waals surface area (Å²) in [5.41, 5.74) is 0.556. The number of hydrogen-bond donors (Lipinski definition) is 0. The maximum Gasteiger partial charge on any atom is 0.408 e. The van der Waals surface area contributed by atoms with Crippen molar-refractivity contribution in [1.29, 1.82) is 0 Å². The summed E-state index contributed by atoms with van der Waals surface area (Å²) in [6.45, 7) is -1.32. The Morgan fingerprint density at radius 2 is 2.00 bits per heavy atom. The van der Waals surface area contributed by atoms with Crippen LogP contribution in [0.2, 0.25) is 0 Å². The van der Waals surface area contributed by atoms with E-state index in [1.165, 1.54) is 15.6 Å². The maximum atomic E-state index is 13.1. The van der Waals surface area contributed by atoms with E-state index in [0.717, 1.165) is 44.5 Å². The molecule has 0 atom stereocenters. The predicted molar refractivity (Wildman–Crippen MR) is 89.1 cm³/mol. The summed E-state index contributed by atoms with van der Waals surface area (Å²) in [6, 6.07) is 1.54. The first-order chi connectivity index (χ1) is 11.8. The second-order valence-electron chi connectivity index (χ2n) is 6.06. The molecule has 0 amide bonds. The van der Waals surface area contributed by atoms with Gasteiger partial charge in [0.2, 0.25) is 0 Å². The van der Waals surface area contributed by atoms with E-state index >= 15 is 0 Å². The molecular weight excluding hydrogens is 375 g/mol. The Bertz CT molecular complexity index is 794. The van der Waals surface area contributed by atoms with Gasteiger partial charge in [-0.3, -0.25) is 8.99 Å². The number of aromatic nitrogens is 2. The molecule has 1 saturated carbocycles. The topological polar surface area (TPSA) is 55.2 Å². The van der Waals surface area contributed by atoms with E-state index < -0.39 is 22.7 Å². The van der Waals surface area contributed by atoms with Crippen molar-refractivity contribution in [2.75, 3.05) is 4.31 Å². The lowest BCUT2D eigenvalue weighted by Crippen LogP contribution is -2.41. The first-order valence-corrected chi connectivity index (χ1v) is 10.3. The van der Waals surface area contributed by atoms with Crippen LogP contribution >= 0.6 is 11.3 Å². The molecule has 0 radical (unpaired) electrons. The number of rotatable bonds is 5. The van der Waals surface area contributed by atoms with Crippen molar-refractivity contribution in [3.05, 3.63) is 29.2 Å². The first kappa shape index (κ1) is 18.2. The Labute approximate surface area is 148 Å². The summed E-state index contributed by atoms with van der Waals surface area (Å²) in [4.78, 5) is -0.214. The van der Waals surface area contributed by atoms with E-state index in [2.05, 4.69) is 5.10 Å². The molecule has 0 unspecified atom stereocenters. The number of alkyl halides is 3. The molecule has 2 aromatic rings. The second-order valence-corrected chi connectivity index (χ2v) is 8.66. The minimum atomic E-state index is -4.45. The summed E-state index contributed by atoms with van der Waals surface area (Å²) in [6.07, 6.45) is 1.91. The smallest absolute Gasteiger partial charge is 0.262 e. The SMILES string of the molecule is O=S(=O)(c1cnn(CC(F)(F)F)c1)N(c1ccsc1)C1CCCCC1. The van der Waals surface area contributed by atoms with Crippen LogP contribution in [0.15, 0.2) is 34.1 Å². The van der Waals surface area contributed by atoms with Crippen molar-refractivity contribution < 1.29 is 21.6 Å². The number of halogens is 3. The van der Waals surface area contributed by atoms with Gasteiger partial charge in [0.05, 0.1) is 11.9 Å². The van der Waals surface area contributed by atoms with Crippen LogP contribution in [0.3, 0.4) is 0 Å². The molecule has 3 rings (SSSR count). The highest BCUT2D eigenvalue weighted by atomic mass is 32.2. The molecule has 1 aliphatic carbocycles. The molecule has 25 heavy (non-hydrogen) atoms. The minimum Gasteiger partial charge on any atom is -0.262 e. The number of hydrogen-bond acceptors (Lipinski definition) is 4. The fourth-order valence-corrected chi connectivity index (χ4v) is 5.46. The second kappa shape index (κ2) is 6.99. The molecule has 0 N–H and O–H groups in total. The van der Waals surface area contributed by atoms with Gasteiger partial charge in [-0.2, -0.15) is 29.6 Å². The van der Waals surface area contributed by atoms with Gasteiger partial charge in [-0.25, -0.2) is 8.42 Å². The summed E-state index contributed by atoms with van der Waals surface area (Å²) in [7, 11) is -3.97. The van der Waals surface area contributed by atoms with E-state index in [4.69, 9.17) is 0 Å². The largest absolute Gasteiger partial charge is 0.408 e. The van der Waals surface area contributed by atoms with Gasteiger partial charge in [0, 0.05) is 17.6 Å². The van der Waals surface area contributed by atoms with E-state index in [9.17, 15) is 21.6 Å². The third-order valence-corrected chi connectivity index (χ3v) is 6.68. The zero-order chi connectivity index (χ0) is 18.1. The van der Waals surface area contributed by atoms with Crippen LogP contribution in [0.1, 0.15) is 32.1 Å². The van der Waals surface area contributed by atoms with Crippen molar-refractivity contribution in [3.8, 4) is 0 Å². The highest BCUT2D eigenvalue weighted by Gasteiger charge is 2.35. The molecule has 10 heteroatoms. The van der Waals surface area contributed by atoms with Gasteiger partial charge >= 0.3 is 6.18 Å². The molecule has 138 valence electrons. The Balaban J connectivity index is 1.94. The van der Waals surface area contributed by atoms with E-state index in [-0.39, 0.29) is 10.9 Å². The Morgan fingerprint density at radius 1 is 1.28 bits per heavy atom. The van der Waals surface area contributed by atoms with Crippen LogP contribution in [0, 0.1) is 0 Å². The van der Waals surface area contributed by atoms with Crippen molar-refractivity contribution >= 4 is 27.0 Å². The van der Waals surface area contributed by atoms with Gasteiger partial charge in [0.1, 0.15) is 11.4 Å². The molecule has 0 aromatic carbocycles. The zero-order valence-corrected chi connectivity index (χ0v) is 14.9. The Hall–Kier alpha value is -1.55. The molecule has 0 spiro atoms. The van der Waals surface area contributed by atoms with Crippen molar-refractivity contribution in [1.82, 2.24) is 9.78 Å². The normalized spacial score (nSPS) is 16.9. The first-order valence-electron chi connectivity index (χ1n) is 7.93. The fraction of sp³-hybridized carbons (Fsp3) is 0.533. The average Bonchev–Trinajstić information content (AvgIpc) is 3.19. The van der Waals surface area contributed by atoms with Crippen LogP contribution < -0.4 is 4.31 Å². The predicted octanol–water partition coefficient (Wildman–Crippen LogP) is 4.03. The van der Waals surface area contributed by atoms with Crippen molar-refractivity contribution in [2.24, 2.45) is 0 Å². The molecule has 1 fully saturated rings. The van der Waals surface area contributed by atoms with E-state index in [1.54, 1.807) is 16.8 Å². The minimum absolute atomic E-state index is 0.181. The van der Waals surface area contributed by atoms with Gasteiger partial charge in [-0.05, 0) is 24.3 Å². The fourth-order valence-electron chi connectivity index (χ4n) is 3.11. The van der Waals surface area contributed by atoms with E-state index in [1.807, 2.05) is 0 Å². The lowest BCUT2D eigenvalue weighted by Gasteiger charge is -2.34. The Morgan fingerprint density at radius 3 is 2.60 bits per heavy atom. The van der Waals surface area contributed by atoms with Crippen LogP contribution in [-0.4, -0.2) is 30.4 Å². The van der Waals surface area contributed by atoms with Crippen LogP contribution in [0.25, 0.3) is 0 Å². The monoisotopic (exact) mass is 393 g/mol. The lowest BCUT2D eigenvalue weighted by molar-refractivity contribution is -0.142. The van der Waals surface area contributed by atoms with E-state index in [0.29, 0.717) is 10.4 Å². The summed E-state index contributed by atoms with van der Waals surface area (Å²) in [5.74, 6) is 0. The molecule has 0 aliphatic heterocycles. The third-order valence-electron chi connectivity index (χ3n) is 4.17. The maximum absolute atomic E-state index is 13.1. The molecule has 1 aliphatic rings. The molecular formula is C15H18F3N3O2S2. The quantitative estimate of drug-likeness (QED) is 0.771. The average molecular weight is 393 g/mol. The van der Waals surface area contributed by atoms with Gasteiger partial charge in [0.25, 0.3) is 10.0 Å². The van der Waals surface area contributed by atoms with Crippen LogP contribution in [0.5, 0.6) is 0 Å². The third kappa shape index (κ3) is 4.17. The van der Waals surface area contributed by atoms with Crippen LogP contribution in [0.4, 0.5) is 18.9 Å². The van der Waals surface area contributed by atoms with Gasteiger partial charge in [-0.1, -0.05) is 19.3 Å². The van der Waals surface area contributed by atoms with Gasteiger partial charge in [0.15, 0.2) is 0 Å². The van der Waals surface area contributed by atoms with Crippen LogP contribution in [-0.2, 0) is 16.6 Å². The summed E-state index contributed by atoms with van der Waals surface area (Å²) in [5, 5.41) is 7.10. The molecule has 0 bridgehead atoms. The van der Waals surface area contributed by atoms with Crippen molar-refractivity contribution in [2.45, 2.75) is 55.8 Å². The van der Waals surface area contributed by atoms with Gasteiger partial charge < -0.3 is 0 Å². The molecule has 2 aromatic heterocycles. The summed E-state index contributed by atoms with van der Waals surface area (Å²) < 4.78 is 65.7. The highest BCUT2D eigenvalue weighted by molar-refractivity contribution is 7.92. The standard InChI is InChI=1S/C15H18F3N3O2S2/c16-15(17,18)11-20-9-14(8-19-20)25(22,23)21(13-6-7-24-10-13)12-4-2-1-3-5-12/h6-10,12H,1-5,11H2. The molecule has 0 saturated heterocycles. The molecule has 5 nitrogen and oxygen atoms in total.